The van der Waals surface area contributed by atoms with Crippen LogP contribution < -0.4 is 10.1 Å². The number of rotatable bonds is 5. The zero-order valence-corrected chi connectivity index (χ0v) is 13.1. The fourth-order valence-electron chi connectivity index (χ4n) is 2.11. The second-order valence-electron chi connectivity index (χ2n) is 5.14. The van der Waals surface area contributed by atoms with Gasteiger partial charge < -0.3 is 25.4 Å². The fourth-order valence-corrected chi connectivity index (χ4v) is 2.11. The van der Waals surface area contributed by atoms with Crippen LogP contribution >= 0.6 is 0 Å². The van der Waals surface area contributed by atoms with E-state index in [1.54, 1.807) is 12.1 Å². The smallest absolute Gasteiger partial charge is 0.308 e. The van der Waals surface area contributed by atoms with Gasteiger partial charge in [-0.25, -0.2) is 0 Å². The van der Waals surface area contributed by atoms with E-state index in [2.05, 4.69) is 5.32 Å². The highest BCUT2D eigenvalue weighted by atomic mass is 16.5. The minimum atomic E-state index is -1.19. The molecule has 8 heteroatoms. The van der Waals surface area contributed by atoms with Crippen molar-refractivity contribution in [1.82, 2.24) is 0 Å². The Labute approximate surface area is 142 Å². The third-order valence-electron chi connectivity index (χ3n) is 3.14. The molecule has 2 rings (SSSR count). The van der Waals surface area contributed by atoms with Crippen molar-refractivity contribution in [2.45, 2.75) is 13.3 Å². The molecule has 1 amide bonds. The molecular weight excluding hydrogens is 330 g/mol. The lowest BCUT2D eigenvalue weighted by Crippen LogP contribution is -2.13. The van der Waals surface area contributed by atoms with Crippen molar-refractivity contribution in [2.24, 2.45) is 0 Å². The fraction of sp³-hybridized carbons (Fsp3) is 0.118. The molecule has 0 radical (unpaired) electrons. The lowest BCUT2D eigenvalue weighted by atomic mass is 10.1. The van der Waals surface area contributed by atoms with Gasteiger partial charge in [0.25, 0.3) is 5.91 Å². The van der Waals surface area contributed by atoms with E-state index in [9.17, 15) is 24.6 Å². The summed E-state index contributed by atoms with van der Waals surface area (Å²) in [7, 11) is 0. The minimum Gasteiger partial charge on any atom is -0.508 e. The van der Waals surface area contributed by atoms with Gasteiger partial charge in [0.1, 0.15) is 17.2 Å². The van der Waals surface area contributed by atoms with Crippen LogP contribution in [-0.4, -0.2) is 33.2 Å². The van der Waals surface area contributed by atoms with Crippen molar-refractivity contribution in [3.63, 3.8) is 0 Å². The number of ether oxygens (including phenoxy) is 1. The minimum absolute atomic E-state index is 0.0154. The van der Waals surface area contributed by atoms with Gasteiger partial charge >= 0.3 is 11.9 Å². The van der Waals surface area contributed by atoms with Gasteiger partial charge in [-0.05, 0) is 24.3 Å². The maximum Gasteiger partial charge on any atom is 0.308 e. The van der Waals surface area contributed by atoms with Crippen molar-refractivity contribution in [3.8, 4) is 17.2 Å². The van der Waals surface area contributed by atoms with E-state index in [1.807, 2.05) is 0 Å². The highest BCUT2D eigenvalue weighted by Crippen LogP contribution is 2.28. The van der Waals surface area contributed by atoms with E-state index in [4.69, 9.17) is 9.84 Å². The van der Waals surface area contributed by atoms with E-state index in [1.165, 1.54) is 19.1 Å². The van der Waals surface area contributed by atoms with Crippen LogP contribution in [0.5, 0.6) is 17.2 Å². The van der Waals surface area contributed by atoms with Gasteiger partial charge in [-0.2, -0.15) is 0 Å². The Morgan fingerprint density at radius 3 is 2.44 bits per heavy atom. The second kappa shape index (κ2) is 7.35. The van der Waals surface area contributed by atoms with E-state index in [0.717, 1.165) is 12.1 Å². The summed E-state index contributed by atoms with van der Waals surface area (Å²) in [5, 5.41) is 30.9. The summed E-state index contributed by atoms with van der Waals surface area (Å²) in [6.45, 7) is 1.24. The number of aliphatic carboxylic acids is 1. The number of carbonyl (C=O) groups excluding carboxylic acids is 2. The van der Waals surface area contributed by atoms with E-state index < -0.39 is 35.8 Å². The number of benzene rings is 2. The Balaban J connectivity index is 2.22. The molecule has 8 nitrogen and oxygen atoms in total. The summed E-state index contributed by atoms with van der Waals surface area (Å²) in [4.78, 5) is 33.9. The van der Waals surface area contributed by atoms with Crippen LogP contribution in [0.15, 0.2) is 36.4 Å². The number of anilines is 1. The van der Waals surface area contributed by atoms with Crippen molar-refractivity contribution in [1.29, 1.82) is 0 Å². The summed E-state index contributed by atoms with van der Waals surface area (Å²) in [6, 6.07) is 8.05. The molecule has 0 saturated heterocycles. The molecule has 0 heterocycles. The number of amides is 1. The first-order chi connectivity index (χ1) is 11.8. The first-order valence-electron chi connectivity index (χ1n) is 7.12. The molecular formula is C17H15NO7. The Kier molecular flexibility index (Phi) is 5.23. The Bertz CT molecular complexity index is 845. The molecule has 2 aromatic rings. The third-order valence-corrected chi connectivity index (χ3v) is 3.14. The van der Waals surface area contributed by atoms with E-state index >= 15 is 0 Å². The number of hydrogen-bond donors (Lipinski definition) is 4. The quantitative estimate of drug-likeness (QED) is 0.369. The first kappa shape index (κ1) is 17.8. The Morgan fingerprint density at radius 2 is 1.80 bits per heavy atom. The Morgan fingerprint density at radius 1 is 1.08 bits per heavy atom. The number of nitrogens with one attached hydrogen (secondary N) is 1. The maximum absolute atomic E-state index is 12.2. The average molecular weight is 345 g/mol. The predicted molar refractivity (Wildman–Crippen MR) is 86.8 cm³/mol. The number of carboxylic acids is 1. The van der Waals surface area contributed by atoms with Gasteiger partial charge in [-0.15, -0.1) is 0 Å². The van der Waals surface area contributed by atoms with Crippen molar-refractivity contribution in [3.05, 3.63) is 47.5 Å². The normalized spacial score (nSPS) is 10.1. The summed E-state index contributed by atoms with van der Waals surface area (Å²) >= 11 is 0. The second-order valence-corrected chi connectivity index (χ2v) is 5.14. The highest BCUT2D eigenvalue weighted by molar-refractivity contribution is 6.06. The topological polar surface area (TPSA) is 133 Å². The van der Waals surface area contributed by atoms with E-state index in [-0.39, 0.29) is 16.9 Å². The van der Waals surface area contributed by atoms with Crippen LogP contribution in [0.1, 0.15) is 22.8 Å². The summed E-state index contributed by atoms with van der Waals surface area (Å²) < 4.78 is 4.90. The lowest BCUT2D eigenvalue weighted by molar-refractivity contribution is -0.136. The molecule has 0 aliphatic heterocycles. The molecule has 0 bridgehead atoms. The molecule has 4 N–H and O–H groups in total. The molecule has 0 saturated carbocycles. The van der Waals surface area contributed by atoms with Crippen LogP contribution in [0, 0.1) is 0 Å². The molecule has 0 aromatic heterocycles. The number of carbonyl (C=O) groups is 3. The number of esters is 1. The zero-order valence-electron chi connectivity index (χ0n) is 13.1. The van der Waals surface area contributed by atoms with Gasteiger partial charge in [-0.1, -0.05) is 6.07 Å². The summed E-state index contributed by atoms with van der Waals surface area (Å²) in [5.41, 5.74) is 0.0557. The largest absolute Gasteiger partial charge is 0.508 e. The molecule has 0 unspecified atom stereocenters. The molecule has 0 atom stereocenters. The van der Waals surface area contributed by atoms with E-state index in [0.29, 0.717) is 5.69 Å². The van der Waals surface area contributed by atoms with Crippen LogP contribution in [0.2, 0.25) is 0 Å². The maximum atomic E-state index is 12.2. The Hall–Kier alpha value is -3.55. The molecule has 0 aliphatic rings. The predicted octanol–water partition coefficient (Wildman–Crippen LogP) is 1.90. The standard InChI is InChI=1S/C17H15NO7/c1-9(19)25-12-4-2-3-11(7-12)18-17(24)13-8-14(20)10(5-15(13)21)6-16(22)23/h2-5,7-8,20-21H,6H2,1H3,(H,18,24)(H,22,23). The summed E-state index contributed by atoms with van der Waals surface area (Å²) in [6.07, 6.45) is -0.494. The van der Waals surface area contributed by atoms with Crippen molar-refractivity contribution in [2.75, 3.05) is 5.32 Å². The monoisotopic (exact) mass is 345 g/mol. The van der Waals surface area contributed by atoms with Crippen molar-refractivity contribution >= 4 is 23.5 Å². The van der Waals surface area contributed by atoms with Gasteiger partial charge in [0.2, 0.25) is 0 Å². The molecule has 0 spiro atoms. The van der Waals surface area contributed by atoms with Crippen LogP contribution in [0.3, 0.4) is 0 Å². The average Bonchev–Trinajstić information content (AvgIpc) is 2.49. The molecule has 25 heavy (non-hydrogen) atoms. The molecule has 0 aliphatic carbocycles. The SMILES string of the molecule is CC(=O)Oc1cccc(NC(=O)c2cc(O)c(CC(=O)O)cc2O)c1. The van der Waals surface area contributed by atoms with Crippen LogP contribution in [0.4, 0.5) is 5.69 Å². The summed E-state index contributed by atoms with van der Waals surface area (Å²) in [5.74, 6) is -3.08. The molecule has 0 fully saturated rings. The van der Waals surface area contributed by atoms with Gasteiger partial charge in [0, 0.05) is 24.2 Å². The molecule has 130 valence electrons. The van der Waals surface area contributed by atoms with Gasteiger partial charge in [-0.3, -0.25) is 14.4 Å². The molecule has 2 aromatic carbocycles. The number of phenols is 2. The van der Waals surface area contributed by atoms with Crippen LogP contribution in [0.25, 0.3) is 0 Å². The van der Waals surface area contributed by atoms with Gasteiger partial charge in [0.15, 0.2) is 0 Å². The van der Waals surface area contributed by atoms with Gasteiger partial charge in [0.05, 0.1) is 12.0 Å². The van der Waals surface area contributed by atoms with Crippen molar-refractivity contribution < 1.29 is 34.4 Å². The number of carboxylic acid groups (broad SMARTS) is 1. The number of aromatic hydroxyl groups is 2. The zero-order chi connectivity index (χ0) is 18.6. The van der Waals surface area contributed by atoms with Crippen LogP contribution in [-0.2, 0) is 16.0 Å². The lowest BCUT2D eigenvalue weighted by Gasteiger charge is -2.10. The third kappa shape index (κ3) is 4.71. The first-order valence-corrected chi connectivity index (χ1v) is 7.12. The number of hydrogen-bond acceptors (Lipinski definition) is 6. The highest BCUT2D eigenvalue weighted by Gasteiger charge is 2.17. The number of phenolic OH excluding ortho intramolecular Hbond substituents is 2.